The molecule has 1 heterocycles. The molecule has 4 nitrogen and oxygen atoms in total. The minimum absolute atomic E-state index is 0.0185. The quantitative estimate of drug-likeness (QED) is 0.878. The van der Waals surface area contributed by atoms with Crippen molar-refractivity contribution in [2.24, 2.45) is 0 Å². The van der Waals surface area contributed by atoms with E-state index in [0.29, 0.717) is 16.5 Å². The Morgan fingerprint density at radius 2 is 1.88 bits per heavy atom. The van der Waals surface area contributed by atoms with E-state index in [1.165, 1.54) is 6.07 Å². The average molecular weight is 366 g/mol. The zero-order valence-corrected chi connectivity index (χ0v) is 14.9. The van der Waals surface area contributed by atoms with Crippen molar-refractivity contribution in [3.63, 3.8) is 0 Å². The molecule has 2 aromatic rings. The highest BCUT2D eigenvalue weighted by Gasteiger charge is 2.47. The maximum Gasteiger partial charge on any atom is 0.409 e. The van der Waals surface area contributed by atoms with Crippen LogP contribution in [0.15, 0.2) is 36.4 Å². The standard InChI is InChI=1S/C19H21F3N2O2/c1-18(2,3)26-13-7-8-14-12(11-13)5-4-6-15(14)17(19(20,21)22)24-10-9-16(25)23-24/h4-8,11,17H,9-10H2,1-3H3,(H,23,25). The van der Waals surface area contributed by atoms with Crippen LogP contribution in [0.2, 0.25) is 0 Å². The van der Waals surface area contributed by atoms with E-state index < -0.39 is 23.7 Å². The third-order valence-corrected chi connectivity index (χ3v) is 4.07. The summed E-state index contributed by atoms with van der Waals surface area (Å²) in [6.45, 7) is 5.74. The van der Waals surface area contributed by atoms with Crippen molar-refractivity contribution in [1.29, 1.82) is 0 Å². The van der Waals surface area contributed by atoms with Crippen LogP contribution in [0.1, 0.15) is 38.8 Å². The van der Waals surface area contributed by atoms with Gasteiger partial charge in [-0.2, -0.15) is 13.2 Å². The van der Waals surface area contributed by atoms with Crippen LogP contribution in [-0.2, 0) is 4.79 Å². The number of amides is 1. The Bertz CT molecular complexity index is 828. The number of rotatable bonds is 3. The van der Waals surface area contributed by atoms with E-state index in [1.54, 1.807) is 30.3 Å². The summed E-state index contributed by atoms with van der Waals surface area (Å²) in [6, 6.07) is 7.96. The van der Waals surface area contributed by atoms with Gasteiger partial charge in [-0.05, 0) is 49.2 Å². The van der Waals surface area contributed by atoms with Crippen molar-refractivity contribution in [1.82, 2.24) is 10.4 Å². The fourth-order valence-corrected chi connectivity index (χ4v) is 3.15. The number of carbonyl (C=O) groups excluding carboxylic acids is 1. The lowest BCUT2D eigenvalue weighted by Crippen LogP contribution is -2.43. The van der Waals surface area contributed by atoms with Crippen molar-refractivity contribution in [2.75, 3.05) is 6.54 Å². The van der Waals surface area contributed by atoms with Gasteiger partial charge in [-0.3, -0.25) is 10.2 Å². The van der Waals surface area contributed by atoms with Gasteiger partial charge in [0, 0.05) is 13.0 Å². The Morgan fingerprint density at radius 3 is 2.46 bits per heavy atom. The van der Waals surface area contributed by atoms with Gasteiger partial charge in [0.15, 0.2) is 6.04 Å². The summed E-state index contributed by atoms with van der Waals surface area (Å²) < 4.78 is 47.2. The molecule has 1 N–H and O–H groups in total. The molecular formula is C19H21F3N2O2. The molecule has 26 heavy (non-hydrogen) atoms. The number of hydrogen-bond donors (Lipinski definition) is 1. The summed E-state index contributed by atoms with van der Waals surface area (Å²) in [4.78, 5) is 11.4. The van der Waals surface area contributed by atoms with Crippen molar-refractivity contribution in [3.8, 4) is 5.75 Å². The smallest absolute Gasteiger partial charge is 0.409 e. The molecule has 1 atom stereocenters. The number of alkyl halides is 3. The molecule has 0 saturated carbocycles. The fraction of sp³-hybridized carbons (Fsp3) is 0.421. The van der Waals surface area contributed by atoms with Crippen LogP contribution in [0.4, 0.5) is 13.2 Å². The van der Waals surface area contributed by atoms with Gasteiger partial charge in [0.05, 0.1) is 0 Å². The maximum absolute atomic E-state index is 13.8. The van der Waals surface area contributed by atoms with Gasteiger partial charge in [0.25, 0.3) is 0 Å². The number of nitrogens with one attached hydrogen (secondary N) is 1. The molecule has 0 aliphatic carbocycles. The number of ether oxygens (including phenoxy) is 1. The van der Waals surface area contributed by atoms with Crippen LogP contribution in [0, 0.1) is 0 Å². The molecule has 3 rings (SSSR count). The van der Waals surface area contributed by atoms with Gasteiger partial charge in [-0.15, -0.1) is 0 Å². The van der Waals surface area contributed by atoms with Crippen LogP contribution >= 0.6 is 0 Å². The molecule has 0 aromatic heterocycles. The molecule has 0 spiro atoms. The molecule has 140 valence electrons. The number of hydrazine groups is 1. The lowest BCUT2D eigenvalue weighted by Gasteiger charge is -2.30. The largest absolute Gasteiger partial charge is 0.488 e. The van der Waals surface area contributed by atoms with Crippen LogP contribution in [0.25, 0.3) is 10.8 Å². The second kappa shape index (κ2) is 6.46. The number of hydrogen-bond acceptors (Lipinski definition) is 3. The van der Waals surface area contributed by atoms with Crippen molar-refractivity contribution >= 4 is 16.7 Å². The first-order valence-electron chi connectivity index (χ1n) is 8.39. The van der Waals surface area contributed by atoms with Gasteiger partial charge in [0.1, 0.15) is 11.4 Å². The maximum atomic E-state index is 13.8. The highest BCUT2D eigenvalue weighted by atomic mass is 19.4. The lowest BCUT2D eigenvalue weighted by molar-refractivity contribution is -0.190. The summed E-state index contributed by atoms with van der Waals surface area (Å²) in [5, 5.41) is 2.11. The first-order valence-corrected chi connectivity index (χ1v) is 8.39. The van der Waals surface area contributed by atoms with E-state index in [9.17, 15) is 18.0 Å². The SMILES string of the molecule is CC(C)(C)Oc1ccc2c(C(N3CCC(=O)N3)C(F)(F)F)cccc2c1. The number of benzene rings is 2. The average Bonchev–Trinajstić information content (AvgIpc) is 2.90. The van der Waals surface area contributed by atoms with E-state index >= 15 is 0 Å². The molecule has 1 saturated heterocycles. The van der Waals surface area contributed by atoms with Crippen LogP contribution < -0.4 is 10.2 Å². The Morgan fingerprint density at radius 1 is 1.15 bits per heavy atom. The molecule has 1 unspecified atom stereocenters. The van der Waals surface area contributed by atoms with Gasteiger partial charge < -0.3 is 4.74 Å². The molecule has 2 aromatic carbocycles. The topological polar surface area (TPSA) is 41.6 Å². The van der Waals surface area contributed by atoms with Crippen LogP contribution in [0.3, 0.4) is 0 Å². The predicted molar refractivity (Wildman–Crippen MR) is 92.6 cm³/mol. The lowest BCUT2D eigenvalue weighted by atomic mass is 9.97. The minimum atomic E-state index is -4.52. The summed E-state index contributed by atoms with van der Waals surface area (Å²) in [6.07, 6.45) is -4.46. The third kappa shape index (κ3) is 3.93. The van der Waals surface area contributed by atoms with Gasteiger partial charge in [-0.1, -0.05) is 24.3 Å². The third-order valence-electron chi connectivity index (χ3n) is 4.07. The normalized spacial score (nSPS) is 17.4. The minimum Gasteiger partial charge on any atom is -0.488 e. The second-order valence-corrected chi connectivity index (χ2v) is 7.37. The Balaban J connectivity index is 2.06. The van der Waals surface area contributed by atoms with Gasteiger partial charge in [-0.25, -0.2) is 5.01 Å². The molecule has 1 amide bonds. The van der Waals surface area contributed by atoms with Crippen molar-refractivity contribution in [2.45, 2.75) is 45.0 Å². The summed E-state index contributed by atoms with van der Waals surface area (Å²) in [5.41, 5.74) is 2.02. The number of nitrogens with zero attached hydrogens (tertiary/aromatic N) is 1. The predicted octanol–water partition coefficient (Wildman–Crippen LogP) is 4.36. The molecule has 0 bridgehead atoms. The molecule has 7 heteroatoms. The molecule has 1 aliphatic rings. The summed E-state index contributed by atoms with van der Waals surface area (Å²) in [7, 11) is 0. The van der Waals surface area contributed by atoms with Crippen LogP contribution in [-0.4, -0.2) is 29.2 Å². The number of halogens is 3. The van der Waals surface area contributed by atoms with Crippen LogP contribution in [0.5, 0.6) is 5.75 Å². The van der Waals surface area contributed by atoms with E-state index in [2.05, 4.69) is 5.43 Å². The fourth-order valence-electron chi connectivity index (χ4n) is 3.15. The first kappa shape index (κ1) is 18.5. The molecule has 1 fully saturated rings. The first-order chi connectivity index (χ1) is 12.0. The van der Waals surface area contributed by atoms with Crippen molar-refractivity contribution in [3.05, 3.63) is 42.0 Å². The zero-order chi connectivity index (χ0) is 19.1. The molecular weight excluding hydrogens is 345 g/mol. The van der Waals surface area contributed by atoms with E-state index in [0.717, 1.165) is 5.01 Å². The summed E-state index contributed by atoms with van der Waals surface area (Å²) >= 11 is 0. The van der Waals surface area contributed by atoms with E-state index in [1.807, 2.05) is 20.8 Å². The monoisotopic (exact) mass is 366 g/mol. The van der Waals surface area contributed by atoms with Gasteiger partial charge >= 0.3 is 6.18 Å². The number of carbonyl (C=O) groups is 1. The van der Waals surface area contributed by atoms with E-state index in [4.69, 9.17) is 4.74 Å². The van der Waals surface area contributed by atoms with Crippen molar-refractivity contribution < 1.29 is 22.7 Å². The Labute approximate surface area is 149 Å². The van der Waals surface area contributed by atoms with E-state index in [-0.39, 0.29) is 18.5 Å². The molecule has 0 radical (unpaired) electrons. The highest BCUT2D eigenvalue weighted by molar-refractivity contribution is 5.87. The second-order valence-electron chi connectivity index (χ2n) is 7.37. The number of fused-ring (bicyclic) bond motifs is 1. The Hall–Kier alpha value is -2.28. The molecule has 1 aliphatic heterocycles. The Kier molecular flexibility index (Phi) is 4.60. The summed E-state index contributed by atoms with van der Waals surface area (Å²) in [5.74, 6) is 0.195. The zero-order valence-electron chi connectivity index (χ0n) is 14.9. The van der Waals surface area contributed by atoms with Gasteiger partial charge in [0.2, 0.25) is 5.91 Å². The highest BCUT2D eigenvalue weighted by Crippen LogP contribution is 2.41.